The van der Waals surface area contributed by atoms with Crippen molar-refractivity contribution in [2.24, 2.45) is 0 Å². The van der Waals surface area contributed by atoms with Gasteiger partial charge in [0, 0.05) is 43.8 Å². The number of carbonyl (C=O) groups excluding carboxylic acids is 1. The highest BCUT2D eigenvalue weighted by molar-refractivity contribution is 5.68. The number of anilines is 2. The molecule has 1 aromatic heterocycles. The van der Waals surface area contributed by atoms with E-state index in [0.717, 1.165) is 5.69 Å². The molecule has 1 N–H and O–H groups in total. The van der Waals surface area contributed by atoms with Gasteiger partial charge in [0.25, 0.3) is 0 Å². The van der Waals surface area contributed by atoms with Crippen LogP contribution in [-0.2, 0) is 4.74 Å². The number of benzene rings is 1. The number of piperidine rings is 1. The van der Waals surface area contributed by atoms with Crippen LogP contribution in [0.15, 0.2) is 30.6 Å². The van der Waals surface area contributed by atoms with E-state index < -0.39 is 5.60 Å². The molecule has 0 aliphatic carbocycles. The summed E-state index contributed by atoms with van der Waals surface area (Å²) in [4.78, 5) is 22.4. The second-order valence-electron chi connectivity index (χ2n) is 8.22. The summed E-state index contributed by atoms with van der Waals surface area (Å²) < 4.78 is 22.1. The first-order chi connectivity index (χ1) is 14.8. The van der Waals surface area contributed by atoms with Gasteiger partial charge in [-0.05, 0) is 32.9 Å². The maximum Gasteiger partial charge on any atom is 0.410 e. The number of amides is 1. The molecule has 3 rings (SSSR count). The van der Waals surface area contributed by atoms with Crippen LogP contribution < -0.4 is 19.5 Å². The number of nitrogens with one attached hydrogen (secondary N) is 1. The molecule has 1 amide bonds. The van der Waals surface area contributed by atoms with E-state index in [-0.39, 0.29) is 12.2 Å². The van der Waals surface area contributed by atoms with Crippen LogP contribution in [0.25, 0.3) is 0 Å². The molecule has 0 saturated carbocycles. The van der Waals surface area contributed by atoms with Crippen molar-refractivity contribution in [3.63, 3.8) is 0 Å². The first-order valence-corrected chi connectivity index (χ1v) is 10.2. The zero-order valence-corrected chi connectivity index (χ0v) is 18.7. The maximum atomic E-state index is 12.2. The molecule has 0 unspecified atom stereocenters. The first kappa shape index (κ1) is 22.5. The molecule has 0 atom stereocenters. The van der Waals surface area contributed by atoms with Crippen LogP contribution in [0.2, 0.25) is 0 Å². The molecule has 31 heavy (non-hydrogen) atoms. The third-order valence-corrected chi connectivity index (χ3v) is 4.68. The van der Waals surface area contributed by atoms with Crippen molar-refractivity contribution in [1.29, 1.82) is 0 Å². The van der Waals surface area contributed by atoms with Crippen LogP contribution in [0.3, 0.4) is 0 Å². The predicted octanol–water partition coefficient (Wildman–Crippen LogP) is 4.02. The predicted molar refractivity (Wildman–Crippen MR) is 116 cm³/mol. The molecule has 1 aromatic carbocycles. The molecule has 9 heteroatoms. The van der Waals surface area contributed by atoms with E-state index in [4.69, 9.17) is 18.9 Å². The summed E-state index contributed by atoms with van der Waals surface area (Å²) in [5.74, 6) is 2.35. The highest BCUT2D eigenvalue weighted by Crippen LogP contribution is 2.31. The van der Waals surface area contributed by atoms with E-state index in [1.54, 1.807) is 25.2 Å². The number of likely N-dealkylation sites (tertiary alicyclic amines) is 1. The number of carbonyl (C=O) groups is 1. The van der Waals surface area contributed by atoms with Crippen LogP contribution in [0.1, 0.15) is 33.6 Å². The lowest BCUT2D eigenvalue weighted by Crippen LogP contribution is -2.44. The standard InChI is InChI=1S/C22H30N4O5/c1-22(2,3)31-21(27)26-10-8-16(9-11-26)30-20-13-19(23-14-24-20)25-15-6-7-17(28-4)18(12-15)29-5/h6-7,12-14,16H,8-11H2,1-5H3,(H,23,24,25). The fraction of sp³-hybridized carbons (Fsp3) is 0.500. The topological polar surface area (TPSA) is 95.0 Å². The van der Waals surface area contributed by atoms with Crippen LogP contribution >= 0.6 is 0 Å². The number of ether oxygens (including phenoxy) is 4. The summed E-state index contributed by atoms with van der Waals surface area (Å²) in [5.41, 5.74) is 0.302. The van der Waals surface area contributed by atoms with E-state index in [9.17, 15) is 4.79 Å². The molecule has 9 nitrogen and oxygen atoms in total. The molecule has 1 fully saturated rings. The Kier molecular flexibility index (Phi) is 7.04. The third-order valence-electron chi connectivity index (χ3n) is 4.68. The number of hydrogen-bond acceptors (Lipinski definition) is 8. The van der Waals surface area contributed by atoms with Crippen molar-refractivity contribution in [3.05, 3.63) is 30.6 Å². The number of aromatic nitrogens is 2. The largest absolute Gasteiger partial charge is 0.493 e. The Balaban J connectivity index is 1.56. The van der Waals surface area contributed by atoms with Gasteiger partial charge < -0.3 is 29.2 Å². The number of hydrogen-bond donors (Lipinski definition) is 1. The van der Waals surface area contributed by atoms with Gasteiger partial charge in [-0.25, -0.2) is 14.8 Å². The molecule has 168 valence electrons. The zero-order chi connectivity index (χ0) is 22.4. The Morgan fingerprint density at radius 3 is 2.42 bits per heavy atom. The van der Waals surface area contributed by atoms with Gasteiger partial charge in [-0.3, -0.25) is 0 Å². The third kappa shape index (κ3) is 6.37. The van der Waals surface area contributed by atoms with E-state index in [2.05, 4.69) is 15.3 Å². The Morgan fingerprint density at radius 2 is 1.77 bits per heavy atom. The minimum Gasteiger partial charge on any atom is -0.493 e. The summed E-state index contributed by atoms with van der Waals surface area (Å²) in [6.45, 7) is 6.76. The quantitative estimate of drug-likeness (QED) is 0.734. The Bertz CT molecular complexity index is 892. The Labute approximate surface area is 182 Å². The average molecular weight is 431 g/mol. The maximum absolute atomic E-state index is 12.2. The molecule has 0 spiro atoms. The Morgan fingerprint density at radius 1 is 1.06 bits per heavy atom. The highest BCUT2D eigenvalue weighted by atomic mass is 16.6. The number of nitrogens with zero attached hydrogens (tertiary/aromatic N) is 3. The van der Waals surface area contributed by atoms with Gasteiger partial charge in [-0.1, -0.05) is 0 Å². The molecule has 1 saturated heterocycles. The second kappa shape index (κ2) is 9.72. The van der Waals surface area contributed by atoms with Gasteiger partial charge in [-0.2, -0.15) is 0 Å². The van der Waals surface area contributed by atoms with E-state index in [0.29, 0.717) is 49.1 Å². The van der Waals surface area contributed by atoms with Crippen LogP contribution in [0, 0.1) is 0 Å². The summed E-state index contributed by atoms with van der Waals surface area (Å²) in [7, 11) is 3.18. The molecule has 2 aromatic rings. The second-order valence-corrected chi connectivity index (χ2v) is 8.22. The number of methoxy groups -OCH3 is 2. The summed E-state index contributed by atoms with van der Waals surface area (Å²) in [6, 6.07) is 7.26. The van der Waals surface area contributed by atoms with Gasteiger partial charge in [0.1, 0.15) is 23.9 Å². The zero-order valence-electron chi connectivity index (χ0n) is 18.7. The number of rotatable bonds is 6. The van der Waals surface area contributed by atoms with E-state index >= 15 is 0 Å². The van der Waals surface area contributed by atoms with E-state index in [1.807, 2.05) is 39.0 Å². The van der Waals surface area contributed by atoms with Gasteiger partial charge >= 0.3 is 6.09 Å². The van der Waals surface area contributed by atoms with Crippen molar-refractivity contribution in [1.82, 2.24) is 14.9 Å². The fourth-order valence-electron chi connectivity index (χ4n) is 3.19. The van der Waals surface area contributed by atoms with Crippen LogP contribution in [-0.4, -0.2) is 60.0 Å². The fourth-order valence-corrected chi connectivity index (χ4v) is 3.19. The summed E-state index contributed by atoms with van der Waals surface area (Å²) in [5, 5.41) is 3.22. The van der Waals surface area contributed by atoms with Crippen molar-refractivity contribution >= 4 is 17.6 Å². The van der Waals surface area contributed by atoms with Crippen LogP contribution in [0.5, 0.6) is 17.4 Å². The lowest BCUT2D eigenvalue weighted by molar-refractivity contribution is 0.0123. The molecule has 0 radical (unpaired) electrons. The van der Waals surface area contributed by atoms with Crippen molar-refractivity contribution < 1.29 is 23.7 Å². The van der Waals surface area contributed by atoms with Crippen molar-refractivity contribution in [3.8, 4) is 17.4 Å². The van der Waals surface area contributed by atoms with E-state index in [1.165, 1.54) is 6.33 Å². The normalized spacial score (nSPS) is 14.7. The summed E-state index contributed by atoms with van der Waals surface area (Å²) in [6.07, 6.45) is 2.56. The molecular weight excluding hydrogens is 400 g/mol. The molecule has 1 aliphatic heterocycles. The highest BCUT2D eigenvalue weighted by Gasteiger charge is 2.27. The van der Waals surface area contributed by atoms with Crippen LogP contribution in [0.4, 0.5) is 16.3 Å². The SMILES string of the molecule is COc1ccc(Nc2cc(OC3CCN(C(=O)OC(C)(C)C)CC3)ncn2)cc1OC. The monoisotopic (exact) mass is 430 g/mol. The molecule has 2 heterocycles. The molecule has 1 aliphatic rings. The van der Waals surface area contributed by atoms with Crippen molar-refractivity contribution in [2.45, 2.75) is 45.3 Å². The molecule has 0 bridgehead atoms. The minimum atomic E-state index is -0.497. The smallest absolute Gasteiger partial charge is 0.410 e. The average Bonchev–Trinajstić information content (AvgIpc) is 2.73. The lowest BCUT2D eigenvalue weighted by atomic mass is 10.1. The van der Waals surface area contributed by atoms with Gasteiger partial charge in [0.05, 0.1) is 14.2 Å². The summed E-state index contributed by atoms with van der Waals surface area (Å²) >= 11 is 0. The molecular formula is C22H30N4O5. The first-order valence-electron chi connectivity index (χ1n) is 10.2. The van der Waals surface area contributed by atoms with Gasteiger partial charge in [-0.15, -0.1) is 0 Å². The van der Waals surface area contributed by atoms with Gasteiger partial charge in [0.15, 0.2) is 11.5 Å². The van der Waals surface area contributed by atoms with Gasteiger partial charge in [0.2, 0.25) is 5.88 Å². The Hall–Kier alpha value is -3.23. The minimum absolute atomic E-state index is 0.0254. The van der Waals surface area contributed by atoms with Crippen molar-refractivity contribution in [2.75, 3.05) is 32.6 Å². The lowest BCUT2D eigenvalue weighted by Gasteiger charge is -2.33.